The van der Waals surface area contributed by atoms with Gasteiger partial charge < -0.3 is 29.7 Å². The molecule has 0 bridgehead atoms. The second-order valence-electron chi connectivity index (χ2n) is 5.70. The largest absolute Gasteiger partial charge is 0.550 e. The number of carbonyl (C=O) groups is 3. The Hall–Kier alpha value is -1.67. The van der Waals surface area contributed by atoms with Gasteiger partial charge in [0.1, 0.15) is 12.6 Å². The Morgan fingerprint density at radius 2 is 1.38 bits per heavy atom. The molecule has 0 spiro atoms. The number of carbonyl (C=O) groups excluding carboxylic acids is 1. The van der Waals surface area contributed by atoms with Gasteiger partial charge in [-0.3, -0.25) is 9.59 Å². The molecule has 0 radical (unpaired) electrons. The second kappa shape index (κ2) is 11.0. The number of likely N-dealkylation sites (N-methyl/N-ethyl adjacent to an activating group) is 1. The lowest BCUT2D eigenvalue weighted by Crippen LogP contribution is -2.43. The summed E-state index contributed by atoms with van der Waals surface area (Å²) in [5.41, 5.74) is 0. The fourth-order valence-corrected chi connectivity index (χ4v) is 1.44. The molecule has 0 aromatic carbocycles. The van der Waals surface area contributed by atoms with Crippen LogP contribution in [0.15, 0.2) is 0 Å². The Labute approximate surface area is 124 Å². The number of quaternary nitrogens is 1. The third-order valence-electron chi connectivity index (χ3n) is 2.19. The molecule has 3 N–H and O–H groups in total. The minimum atomic E-state index is -1.20. The standard InChI is InChI=1S/C7H15NO3.C6H10O4/c1-8(2,3)5-6(9)4-7(10)11;7-5(8)3-1-2-4-6(9)10/h6,9H,4-5H2,1-3H3;1-4H2,(H,7,8)(H,9,10)/t6-;/m1./s1. The van der Waals surface area contributed by atoms with Crippen LogP contribution >= 0.6 is 0 Å². The van der Waals surface area contributed by atoms with Crippen molar-refractivity contribution in [2.75, 3.05) is 27.7 Å². The number of aliphatic hydroxyl groups is 1. The van der Waals surface area contributed by atoms with Gasteiger partial charge in [-0.15, -0.1) is 0 Å². The summed E-state index contributed by atoms with van der Waals surface area (Å²) in [6, 6.07) is 0. The maximum Gasteiger partial charge on any atom is 0.303 e. The second-order valence-corrected chi connectivity index (χ2v) is 5.70. The van der Waals surface area contributed by atoms with E-state index in [1.807, 2.05) is 21.1 Å². The summed E-state index contributed by atoms with van der Waals surface area (Å²) in [5.74, 6) is -2.94. The first-order valence-electron chi connectivity index (χ1n) is 6.56. The SMILES string of the molecule is C[N+](C)(C)C[C@H](O)CC(=O)[O-].O=C(O)CCCCC(=O)O. The number of hydrogen-bond acceptors (Lipinski definition) is 5. The highest BCUT2D eigenvalue weighted by atomic mass is 16.4. The highest BCUT2D eigenvalue weighted by molar-refractivity contribution is 5.67. The Bertz CT molecular complexity index is 320. The fraction of sp³-hybridized carbons (Fsp3) is 0.769. The maximum absolute atomic E-state index is 10.0. The van der Waals surface area contributed by atoms with Crippen molar-refractivity contribution in [2.45, 2.75) is 38.2 Å². The molecule has 124 valence electrons. The normalized spacial score (nSPS) is 12.0. The molecule has 0 heterocycles. The lowest BCUT2D eigenvalue weighted by molar-refractivity contribution is -0.873. The first-order valence-corrected chi connectivity index (χ1v) is 6.56. The summed E-state index contributed by atoms with van der Waals surface area (Å²) >= 11 is 0. The van der Waals surface area contributed by atoms with Crippen molar-refractivity contribution in [3.05, 3.63) is 0 Å². The molecule has 0 aliphatic rings. The van der Waals surface area contributed by atoms with Crippen molar-refractivity contribution < 1.29 is 39.3 Å². The Kier molecular flexibility index (Phi) is 11.4. The van der Waals surface area contributed by atoms with E-state index in [-0.39, 0.29) is 19.3 Å². The highest BCUT2D eigenvalue weighted by Crippen LogP contribution is 1.99. The van der Waals surface area contributed by atoms with Crippen molar-refractivity contribution in [2.24, 2.45) is 0 Å². The zero-order valence-corrected chi connectivity index (χ0v) is 12.7. The summed E-state index contributed by atoms with van der Waals surface area (Å²) in [5, 5.41) is 35.4. The van der Waals surface area contributed by atoms with E-state index in [2.05, 4.69) is 0 Å². The van der Waals surface area contributed by atoms with Gasteiger partial charge in [-0.05, 0) is 12.8 Å². The average Bonchev–Trinajstić information content (AvgIpc) is 2.20. The van der Waals surface area contributed by atoms with Gasteiger partial charge in [0.15, 0.2) is 0 Å². The van der Waals surface area contributed by atoms with E-state index < -0.39 is 24.0 Å². The van der Waals surface area contributed by atoms with Crippen molar-refractivity contribution in [1.82, 2.24) is 0 Å². The van der Waals surface area contributed by atoms with Crippen LogP contribution in [-0.2, 0) is 14.4 Å². The number of aliphatic carboxylic acids is 3. The van der Waals surface area contributed by atoms with Gasteiger partial charge >= 0.3 is 11.9 Å². The van der Waals surface area contributed by atoms with E-state index in [1.54, 1.807) is 0 Å². The van der Waals surface area contributed by atoms with Gasteiger partial charge in [0.25, 0.3) is 0 Å². The van der Waals surface area contributed by atoms with E-state index in [9.17, 15) is 19.5 Å². The van der Waals surface area contributed by atoms with Crippen LogP contribution in [0.3, 0.4) is 0 Å². The van der Waals surface area contributed by atoms with Crippen molar-refractivity contribution >= 4 is 17.9 Å². The van der Waals surface area contributed by atoms with Crippen LogP contribution in [0.25, 0.3) is 0 Å². The van der Waals surface area contributed by atoms with Crippen molar-refractivity contribution in [1.29, 1.82) is 0 Å². The molecule has 0 aliphatic heterocycles. The van der Waals surface area contributed by atoms with Crippen LogP contribution < -0.4 is 5.11 Å². The van der Waals surface area contributed by atoms with Crippen LogP contribution in [0, 0.1) is 0 Å². The molecular weight excluding hydrogens is 282 g/mol. The molecule has 0 rings (SSSR count). The van der Waals surface area contributed by atoms with Crippen LogP contribution in [-0.4, -0.2) is 71.5 Å². The summed E-state index contributed by atoms with van der Waals surface area (Å²) in [7, 11) is 5.66. The number of hydrogen-bond donors (Lipinski definition) is 3. The molecule has 0 amide bonds. The molecule has 0 unspecified atom stereocenters. The van der Waals surface area contributed by atoms with Gasteiger partial charge in [-0.1, -0.05) is 0 Å². The van der Waals surface area contributed by atoms with E-state index >= 15 is 0 Å². The first-order chi connectivity index (χ1) is 9.44. The number of aliphatic hydroxyl groups excluding tert-OH is 1. The lowest BCUT2D eigenvalue weighted by atomic mass is 10.2. The summed E-state index contributed by atoms with van der Waals surface area (Å²) < 4.78 is 0.550. The van der Waals surface area contributed by atoms with Gasteiger partial charge in [0, 0.05) is 25.2 Å². The Balaban J connectivity index is 0. The van der Waals surface area contributed by atoms with E-state index in [4.69, 9.17) is 15.3 Å². The van der Waals surface area contributed by atoms with E-state index in [0.29, 0.717) is 23.9 Å². The predicted molar refractivity (Wildman–Crippen MR) is 72.3 cm³/mol. The third kappa shape index (κ3) is 23.8. The molecule has 8 heteroatoms. The van der Waals surface area contributed by atoms with Gasteiger partial charge in [-0.25, -0.2) is 0 Å². The van der Waals surface area contributed by atoms with Crippen LogP contribution in [0.4, 0.5) is 0 Å². The van der Waals surface area contributed by atoms with Crippen LogP contribution in [0.5, 0.6) is 0 Å². The predicted octanol–water partition coefficient (Wildman–Crippen LogP) is -1.09. The number of carboxylic acids is 3. The Morgan fingerprint density at radius 3 is 1.62 bits per heavy atom. The molecule has 21 heavy (non-hydrogen) atoms. The molecule has 0 fully saturated rings. The Morgan fingerprint density at radius 1 is 1.00 bits per heavy atom. The molecule has 0 aromatic rings. The quantitative estimate of drug-likeness (QED) is 0.364. The first kappa shape index (κ1) is 21.6. The number of rotatable bonds is 9. The van der Waals surface area contributed by atoms with Gasteiger partial charge in [0.05, 0.1) is 21.1 Å². The minimum absolute atomic E-state index is 0.0628. The number of nitrogens with zero attached hydrogens (tertiary/aromatic N) is 1. The number of carboxylic acid groups (broad SMARTS) is 3. The molecule has 0 saturated carbocycles. The zero-order chi connectivity index (χ0) is 17.1. The molecular formula is C13H25NO7. The van der Waals surface area contributed by atoms with Crippen molar-refractivity contribution in [3.63, 3.8) is 0 Å². The van der Waals surface area contributed by atoms with E-state index in [0.717, 1.165) is 0 Å². The van der Waals surface area contributed by atoms with Crippen LogP contribution in [0.1, 0.15) is 32.1 Å². The third-order valence-corrected chi connectivity index (χ3v) is 2.19. The molecule has 8 nitrogen and oxygen atoms in total. The fourth-order valence-electron chi connectivity index (χ4n) is 1.44. The summed E-state index contributed by atoms with van der Waals surface area (Å²) in [6.07, 6.45) is -0.0701. The van der Waals surface area contributed by atoms with Gasteiger partial charge in [-0.2, -0.15) is 0 Å². The number of unbranched alkanes of at least 4 members (excludes halogenated alkanes) is 1. The monoisotopic (exact) mass is 307 g/mol. The lowest BCUT2D eigenvalue weighted by Gasteiger charge is -2.26. The zero-order valence-electron chi connectivity index (χ0n) is 12.7. The topological polar surface area (TPSA) is 135 Å². The highest BCUT2D eigenvalue weighted by Gasteiger charge is 2.14. The molecule has 0 aliphatic carbocycles. The molecule has 1 atom stereocenters. The summed E-state index contributed by atoms with van der Waals surface area (Å²) in [4.78, 5) is 29.8. The molecule has 0 saturated heterocycles. The smallest absolute Gasteiger partial charge is 0.303 e. The average molecular weight is 307 g/mol. The van der Waals surface area contributed by atoms with Gasteiger partial charge in [0.2, 0.25) is 0 Å². The van der Waals surface area contributed by atoms with Crippen LogP contribution in [0.2, 0.25) is 0 Å². The maximum atomic E-state index is 10.0. The summed E-state index contributed by atoms with van der Waals surface area (Å²) in [6.45, 7) is 0.425. The van der Waals surface area contributed by atoms with Crippen molar-refractivity contribution in [3.8, 4) is 0 Å². The van der Waals surface area contributed by atoms with E-state index in [1.165, 1.54) is 0 Å². The molecule has 0 aromatic heterocycles. The minimum Gasteiger partial charge on any atom is -0.550 e.